The minimum Gasteiger partial charge on any atom is -0.383 e. The van der Waals surface area contributed by atoms with Gasteiger partial charge in [-0.3, -0.25) is 4.79 Å². The maximum atomic E-state index is 11.6. The van der Waals surface area contributed by atoms with E-state index in [0.29, 0.717) is 13.2 Å². The van der Waals surface area contributed by atoms with Crippen LogP contribution in [0.25, 0.3) is 0 Å². The first kappa shape index (κ1) is 12.5. The summed E-state index contributed by atoms with van der Waals surface area (Å²) in [5.41, 5.74) is 0.996. The van der Waals surface area contributed by atoms with Crippen LogP contribution in [-0.2, 0) is 4.74 Å². The first-order valence-electron chi connectivity index (χ1n) is 4.60. The van der Waals surface area contributed by atoms with Gasteiger partial charge < -0.3 is 10.1 Å². The van der Waals surface area contributed by atoms with Crippen molar-refractivity contribution in [2.75, 3.05) is 20.3 Å². The van der Waals surface area contributed by atoms with Crippen molar-refractivity contribution in [1.29, 1.82) is 0 Å². The molecule has 0 aliphatic rings. The highest BCUT2D eigenvalue weighted by molar-refractivity contribution is 7.12. The molecule has 1 amide bonds. The summed E-state index contributed by atoms with van der Waals surface area (Å²) in [5.74, 6) is -0.0655. The molecule has 0 aliphatic carbocycles. The van der Waals surface area contributed by atoms with Crippen molar-refractivity contribution in [3.8, 4) is 0 Å². The zero-order valence-corrected chi connectivity index (χ0v) is 10.3. The molecular weight excluding hydrogens is 234 g/mol. The summed E-state index contributed by atoms with van der Waals surface area (Å²) in [6, 6.07) is 1.92. The molecule has 1 atom stereocenters. The lowest BCUT2D eigenvalue weighted by molar-refractivity contribution is 0.0953. The number of rotatable bonds is 5. The van der Waals surface area contributed by atoms with Crippen LogP contribution in [0.15, 0.2) is 11.4 Å². The Balaban J connectivity index is 2.40. The first-order valence-corrected chi connectivity index (χ1v) is 5.92. The summed E-state index contributed by atoms with van der Waals surface area (Å²) in [7, 11) is 1.58. The van der Waals surface area contributed by atoms with Gasteiger partial charge in [0.25, 0.3) is 5.91 Å². The number of carbonyl (C=O) groups is 1. The molecule has 0 saturated heterocycles. The van der Waals surface area contributed by atoms with E-state index < -0.39 is 0 Å². The van der Waals surface area contributed by atoms with Crippen LogP contribution in [0.4, 0.5) is 0 Å². The number of hydrogen-bond donors (Lipinski definition) is 1. The van der Waals surface area contributed by atoms with Gasteiger partial charge in [-0.1, -0.05) is 0 Å². The van der Waals surface area contributed by atoms with Gasteiger partial charge in [-0.05, 0) is 23.9 Å². The number of carbonyl (C=O) groups excluding carboxylic acids is 1. The van der Waals surface area contributed by atoms with E-state index in [-0.39, 0.29) is 11.3 Å². The Bertz CT molecular complexity index is 327. The number of alkyl halides is 1. The molecule has 84 valence electrons. The summed E-state index contributed by atoms with van der Waals surface area (Å²) in [6.45, 7) is 2.77. The van der Waals surface area contributed by atoms with Crippen LogP contribution < -0.4 is 5.32 Å². The highest BCUT2D eigenvalue weighted by Crippen LogP contribution is 2.14. The molecule has 0 aliphatic heterocycles. The van der Waals surface area contributed by atoms with Crippen molar-refractivity contribution in [2.24, 2.45) is 0 Å². The maximum Gasteiger partial charge on any atom is 0.261 e. The van der Waals surface area contributed by atoms with Crippen LogP contribution in [0.2, 0.25) is 0 Å². The van der Waals surface area contributed by atoms with Crippen molar-refractivity contribution >= 4 is 28.8 Å². The minimum atomic E-state index is -0.181. The van der Waals surface area contributed by atoms with Crippen molar-refractivity contribution in [1.82, 2.24) is 5.32 Å². The van der Waals surface area contributed by atoms with Crippen molar-refractivity contribution in [3.63, 3.8) is 0 Å². The van der Waals surface area contributed by atoms with E-state index in [4.69, 9.17) is 16.3 Å². The Kier molecular flexibility index (Phi) is 5.08. The predicted molar refractivity (Wildman–Crippen MR) is 62.9 cm³/mol. The van der Waals surface area contributed by atoms with E-state index in [2.05, 4.69) is 5.32 Å². The van der Waals surface area contributed by atoms with Crippen molar-refractivity contribution in [3.05, 3.63) is 21.9 Å². The van der Waals surface area contributed by atoms with Crippen LogP contribution in [0.1, 0.15) is 15.2 Å². The smallest absolute Gasteiger partial charge is 0.261 e. The number of thiophene rings is 1. The molecule has 1 rings (SSSR count). The topological polar surface area (TPSA) is 38.3 Å². The molecule has 0 saturated carbocycles. The molecule has 0 radical (unpaired) electrons. The average molecular weight is 248 g/mol. The SMILES string of the molecule is COCC(Cl)CNC(=O)c1sccc1C. The molecule has 1 unspecified atom stereocenters. The van der Waals surface area contributed by atoms with Crippen LogP contribution in [0, 0.1) is 6.92 Å². The quantitative estimate of drug-likeness (QED) is 0.809. The number of aryl methyl sites for hydroxylation is 1. The molecule has 0 fully saturated rings. The van der Waals surface area contributed by atoms with E-state index in [1.54, 1.807) is 7.11 Å². The molecule has 0 bridgehead atoms. The Morgan fingerprint density at radius 1 is 1.73 bits per heavy atom. The molecule has 1 heterocycles. The summed E-state index contributed by atoms with van der Waals surface area (Å²) >= 11 is 7.33. The third kappa shape index (κ3) is 3.81. The largest absolute Gasteiger partial charge is 0.383 e. The second-order valence-corrected chi connectivity index (χ2v) is 4.73. The van der Waals surface area contributed by atoms with Crippen molar-refractivity contribution < 1.29 is 9.53 Å². The molecule has 3 nitrogen and oxygen atoms in total. The maximum absolute atomic E-state index is 11.6. The standard InChI is InChI=1S/C10H14ClNO2S/c1-7-3-4-15-9(7)10(13)12-5-8(11)6-14-2/h3-4,8H,5-6H2,1-2H3,(H,12,13). The van der Waals surface area contributed by atoms with E-state index >= 15 is 0 Å². The van der Waals surface area contributed by atoms with Crippen molar-refractivity contribution in [2.45, 2.75) is 12.3 Å². The van der Waals surface area contributed by atoms with Gasteiger partial charge in [0.05, 0.1) is 16.9 Å². The van der Waals surface area contributed by atoms with Gasteiger partial charge in [0.1, 0.15) is 0 Å². The molecule has 1 N–H and O–H groups in total. The zero-order valence-electron chi connectivity index (χ0n) is 8.75. The Morgan fingerprint density at radius 2 is 2.47 bits per heavy atom. The van der Waals surface area contributed by atoms with Gasteiger partial charge in [-0.25, -0.2) is 0 Å². The fourth-order valence-corrected chi connectivity index (χ4v) is 2.17. The highest BCUT2D eigenvalue weighted by Gasteiger charge is 2.11. The Labute approximate surface area is 98.4 Å². The lowest BCUT2D eigenvalue weighted by Crippen LogP contribution is -2.31. The van der Waals surface area contributed by atoms with E-state index in [9.17, 15) is 4.79 Å². The zero-order chi connectivity index (χ0) is 11.3. The van der Waals surface area contributed by atoms with Gasteiger partial charge in [-0.15, -0.1) is 22.9 Å². The summed E-state index contributed by atoms with van der Waals surface area (Å²) < 4.78 is 4.87. The van der Waals surface area contributed by atoms with Crippen LogP contribution in [-0.4, -0.2) is 31.5 Å². The number of halogens is 1. The third-order valence-corrected chi connectivity index (χ3v) is 3.20. The van der Waals surface area contributed by atoms with E-state index in [1.165, 1.54) is 11.3 Å². The van der Waals surface area contributed by atoms with Crippen LogP contribution >= 0.6 is 22.9 Å². The molecule has 15 heavy (non-hydrogen) atoms. The second-order valence-electron chi connectivity index (χ2n) is 3.20. The van der Waals surface area contributed by atoms with Crippen LogP contribution in [0.3, 0.4) is 0 Å². The molecule has 5 heteroatoms. The van der Waals surface area contributed by atoms with Gasteiger partial charge >= 0.3 is 0 Å². The number of amides is 1. The van der Waals surface area contributed by atoms with Gasteiger partial charge in [-0.2, -0.15) is 0 Å². The fraction of sp³-hybridized carbons (Fsp3) is 0.500. The third-order valence-electron chi connectivity index (χ3n) is 1.90. The normalized spacial score (nSPS) is 12.5. The lowest BCUT2D eigenvalue weighted by Gasteiger charge is -2.09. The Morgan fingerprint density at radius 3 is 3.00 bits per heavy atom. The minimum absolute atomic E-state index is 0.0655. The number of nitrogens with one attached hydrogen (secondary N) is 1. The summed E-state index contributed by atoms with van der Waals surface area (Å²) in [4.78, 5) is 12.4. The molecule has 1 aromatic rings. The van der Waals surface area contributed by atoms with E-state index in [1.807, 2.05) is 18.4 Å². The number of hydrogen-bond acceptors (Lipinski definition) is 3. The van der Waals surface area contributed by atoms with Crippen LogP contribution in [0.5, 0.6) is 0 Å². The Hall–Kier alpha value is -0.580. The van der Waals surface area contributed by atoms with E-state index in [0.717, 1.165) is 10.4 Å². The molecule has 0 aromatic carbocycles. The second kappa shape index (κ2) is 6.10. The van der Waals surface area contributed by atoms with Gasteiger partial charge in [0, 0.05) is 13.7 Å². The summed E-state index contributed by atoms with van der Waals surface area (Å²) in [6.07, 6.45) is 0. The van der Waals surface area contributed by atoms with Gasteiger partial charge in [0.2, 0.25) is 0 Å². The molecule has 1 aromatic heterocycles. The fourth-order valence-electron chi connectivity index (χ4n) is 1.13. The highest BCUT2D eigenvalue weighted by atomic mass is 35.5. The lowest BCUT2D eigenvalue weighted by atomic mass is 10.3. The number of methoxy groups -OCH3 is 1. The van der Waals surface area contributed by atoms with Gasteiger partial charge in [0.15, 0.2) is 0 Å². The monoisotopic (exact) mass is 247 g/mol. The predicted octanol–water partition coefficient (Wildman–Crippen LogP) is 2.04. The first-order chi connectivity index (χ1) is 7.15. The average Bonchev–Trinajstić information content (AvgIpc) is 2.61. The number of ether oxygens (including phenoxy) is 1. The summed E-state index contributed by atoms with van der Waals surface area (Å²) in [5, 5.41) is 4.49. The molecule has 0 spiro atoms. The molecular formula is C10H14ClNO2S.